The Morgan fingerprint density at radius 1 is 0.292 bits per heavy atom. The highest BCUT2D eigenvalue weighted by molar-refractivity contribution is 7.47. The third kappa shape index (κ3) is 69.2. The molecule has 3 unspecified atom stereocenters. The Balaban J connectivity index is 5.26. The zero-order valence-electron chi connectivity index (χ0n) is 62.5. The van der Waals surface area contributed by atoms with Gasteiger partial charge in [0, 0.05) is 25.7 Å². The van der Waals surface area contributed by atoms with Gasteiger partial charge in [-0.15, -0.1) is 0 Å². The van der Waals surface area contributed by atoms with Gasteiger partial charge < -0.3 is 33.8 Å². The lowest BCUT2D eigenvalue weighted by molar-refractivity contribution is -0.161. The van der Waals surface area contributed by atoms with Gasteiger partial charge in [-0.1, -0.05) is 356 Å². The molecule has 3 N–H and O–H groups in total. The number of carbonyl (C=O) groups is 4. The number of rotatable bonds is 77. The molecule has 96 heavy (non-hydrogen) atoms. The summed E-state index contributed by atoms with van der Waals surface area (Å²) in [6.45, 7) is 7.31. The number of unbranched alkanes of at least 4 members (excludes halogenated alkanes) is 48. The summed E-state index contributed by atoms with van der Waals surface area (Å²) in [6, 6.07) is 0. The van der Waals surface area contributed by atoms with Crippen LogP contribution >= 0.6 is 15.6 Å². The fourth-order valence-electron chi connectivity index (χ4n) is 11.8. The topological polar surface area (TPSA) is 237 Å². The fourth-order valence-corrected chi connectivity index (χ4v) is 13.4. The van der Waals surface area contributed by atoms with E-state index in [1.54, 1.807) is 0 Å². The lowest BCUT2D eigenvalue weighted by Crippen LogP contribution is -2.30. The second-order valence-corrected chi connectivity index (χ2v) is 30.9. The van der Waals surface area contributed by atoms with Crippen LogP contribution in [0, 0.1) is 5.92 Å². The molecule has 17 nitrogen and oxygen atoms in total. The van der Waals surface area contributed by atoms with E-state index >= 15 is 0 Å². The summed E-state index contributed by atoms with van der Waals surface area (Å²) in [5.41, 5.74) is 0. The first-order chi connectivity index (χ1) is 46.6. The molecule has 0 aliphatic rings. The number of phosphoric acid groups is 2. The smallest absolute Gasteiger partial charge is 0.462 e. The number of hydrogen-bond acceptors (Lipinski definition) is 15. The molecule has 0 amide bonds. The van der Waals surface area contributed by atoms with E-state index in [0.717, 1.165) is 95.8 Å². The first-order valence-electron chi connectivity index (χ1n) is 40.2. The number of hydrogen-bond donors (Lipinski definition) is 3. The van der Waals surface area contributed by atoms with E-state index < -0.39 is 97.5 Å². The molecule has 0 aromatic heterocycles. The quantitative estimate of drug-likeness (QED) is 0.0222. The number of esters is 4. The number of carbonyl (C=O) groups excluding carboxylic acids is 4. The number of aliphatic hydroxyl groups is 1. The van der Waals surface area contributed by atoms with Crippen LogP contribution in [0.1, 0.15) is 407 Å². The summed E-state index contributed by atoms with van der Waals surface area (Å²) < 4.78 is 68.6. The molecule has 0 fully saturated rings. The molecule has 0 saturated heterocycles. The third-order valence-corrected chi connectivity index (χ3v) is 20.3. The molecule has 0 aliphatic carbocycles. The maximum atomic E-state index is 13.1. The molecule has 0 radical (unpaired) electrons. The number of ether oxygens (including phenoxy) is 4. The SMILES string of the molecule is CCCCCCCCCCCCCCCCCCC(=O)OC[C@H](COP(=O)(O)OC[C@@H](O)COP(=O)(O)OC[C@@H](COC(=O)CCCCCCCCCCCCCC)OC(=O)CCCCCCCCCCC(C)CC)OC(=O)CCCCCCCCCCCCCCCCCC. The second-order valence-electron chi connectivity index (χ2n) is 28.0. The van der Waals surface area contributed by atoms with Crippen molar-refractivity contribution in [2.75, 3.05) is 39.6 Å². The summed E-state index contributed by atoms with van der Waals surface area (Å²) in [6.07, 6.45) is 59.4. The molecule has 0 aromatic carbocycles. The zero-order chi connectivity index (χ0) is 70.5. The van der Waals surface area contributed by atoms with Gasteiger partial charge in [0.25, 0.3) is 0 Å². The largest absolute Gasteiger partial charge is 0.472 e. The second kappa shape index (κ2) is 70.1. The molecule has 19 heteroatoms. The molecular formula is C77H150O17P2. The minimum absolute atomic E-state index is 0.106. The van der Waals surface area contributed by atoms with Gasteiger partial charge in [0.05, 0.1) is 26.4 Å². The molecule has 570 valence electrons. The summed E-state index contributed by atoms with van der Waals surface area (Å²) in [5, 5.41) is 10.6. The van der Waals surface area contributed by atoms with Crippen LogP contribution in [0.25, 0.3) is 0 Å². The van der Waals surface area contributed by atoms with Gasteiger partial charge in [0.15, 0.2) is 12.2 Å². The van der Waals surface area contributed by atoms with Gasteiger partial charge in [-0.3, -0.25) is 37.3 Å². The van der Waals surface area contributed by atoms with E-state index in [9.17, 15) is 43.2 Å². The van der Waals surface area contributed by atoms with Gasteiger partial charge in [0.1, 0.15) is 19.3 Å². The maximum absolute atomic E-state index is 13.1. The minimum Gasteiger partial charge on any atom is -0.462 e. The Labute approximate surface area is 588 Å². The van der Waals surface area contributed by atoms with Crippen LogP contribution in [0.5, 0.6) is 0 Å². The summed E-state index contributed by atoms with van der Waals surface area (Å²) >= 11 is 0. The zero-order valence-corrected chi connectivity index (χ0v) is 64.3. The fraction of sp³-hybridized carbons (Fsp3) is 0.948. The highest BCUT2D eigenvalue weighted by atomic mass is 31.2. The molecule has 0 saturated carbocycles. The lowest BCUT2D eigenvalue weighted by Gasteiger charge is -2.21. The van der Waals surface area contributed by atoms with Crippen LogP contribution in [0.3, 0.4) is 0 Å². The average molecular weight is 1410 g/mol. The Bertz CT molecular complexity index is 1840. The number of phosphoric ester groups is 2. The van der Waals surface area contributed by atoms with E-state index in [4.69, 9.17) is 37.0 Å². The molecule has 0 heterocycles. The van der Waals surface area contributed by atoms with E-state index in [-0.39, 0.29) is 25.7 Å². The highest BCUT2D eigenvalue weighted by Crippen LogP contribution is 2.45. The van der Waals surface area contributed by atoms with E-state index in [1.165, 1.54) is 231 Å². The van der Waals surface area contributed by atoms with Gasteiger partial charge >= 0.3 is 39.5 Å². The molecule has 0 aromatic rings. The summed E-state index contributed by atoms with van der Waals surface area (Å²) in [4.78, 5) is 72.9. The first-order valence-corrected chi connectivity index (χ1v) is 43.2. The van der Waals surface area contributed by atoms with Crippen LogP contribution in [0.2, 0.25) is 0 Å². The monoisotopic (exact) mass is 1410 g/mol. The summed E-state index contributed by atoms with van der Waals surface area (Å²) in [5.74, 6) is -1.34. The summed E-state index contributed by atoms with van der Waals surface area (Å²) in [7, 11) is -9.91. The highest BCUT2D eigenvalue weighted by Gasteiger charge is 2.30. The van der Waals surface area contributed by atoms with E-state index in [2.05, 4.69) is 34.6 Å². The van der Waals surface area contributed by atoms with Crippen LogP contribution in [-0.2, 0) is 65.4 Å². The van der Waals surface area contributed by atoms with Crippen LogP contribution < -0.4 is 0 Å². The Morgan fingerprint density at radius 3 is 0.740 bits per heavy atom. The molecule has 0 bridgehead atoms. The Kier molecular flexibility index (Phi) is 68.7. The van der Waals surface area contributed by atoms with Crippen molar-refractivity contribution < 1.29 is 80.2 Å². The van der Waals surface area contributed by atoms with Crippen LogP contribution in [0.15, 0.2) is 0 Å². The normalized spacial score (nSPS) is 14.2. The molecule has 6 atom stereocenters. The third-order valence-electron chi connectivity index (χ3n) is 18.4. The maximum Gasteiger partial charge on any atom is 0.472 e. The number of aliphatic hydroxyl groups excluding tert-OH is 1. The van der Waals surface area contributed by atoms with Crippen molar-refractivity contribution in [3.05, 3.63) is 0 Å². The average Bonchev–Trinajstić information content (AvgIpc) is 1.65. The van der Waals surface area contributed by atoms with Gasteiger partial charge in [-0.25, -0.2) is 9.13 Å². The Hall–Kier alpha value is -1.94. The van der Waals surface area contributed by atoms with Crippen molar-refractivity contribution in [1.29, 1.82) is 0 Å². The van der Waals surface area contributed by atoms with Crippen molar-refractivity contribution in [2.45, 2.75) is 425 Å². The van der Waals surface area contributed by atoms with Gasteiger partial charge in [-0.2, -0.15) is 0 Å². The molecular weight excluding hydrogens is 1260 g/mol. The van der Waals surface area contributed by atoms with Crippen molar-refractivity contribution in [2.24, 2.45) is 5.92 Å². The van der Waals surface area contributed by atoms with Crippen molar-refractivity contribution in [3.8, 4) is 0 Å². The van der Waals surface area contributed by atoms with Crippen molar-refractivity contribution >= 4 is 39.5 Å². The molecule has 0 aliphatic heterocycles. The van der Waals surface area contributed by atoms with Gasteiger partial charge in [-0.05, 0) is 31.6 Å². The first kappa shape index (κ1) is 94.1. The van der Waals surface area contributed by atoms with Crippen LogP contribution in [-0.4, -0.2) is 96.7 Å². The molecule has 0 spiro atoms. The van der Waals surface area contributed by atoms with E-state index in [1.807, 2.05) is 0 Å². The Morgan fingerprint density at radius 2 is 0.500 bits per heavy atom. The molecule has 0 rings (SSSR count). The van der Waals surface area contributed by atoms with E-state index in [0.29, 0.717) is 25.7 Å². The standard InChI is InChI=1S/C77H150O17P2/c1-6-10-13-16-19-22-25-28-30-32-34-37-40-46-51-56-61-75(80)87-66-72(93-76(81)62-57-52-47-41-38-35-33-31-29-26-23-20-17-14-11-7-2)68-91-95(83,84)89-64-71(78)65-90-96(85,86)92-69-73(94-77(82)63-58-53-48-43-42-44-49-54-59-70(5)9-4)67-88-74(79)60-55-50-45-39-36-27-24-21-18-15-12-8-3/h70-73,78H,6-69H2,1-5H3,(H,83,84)(H,85,86)/t70?,71-,72-,73-/m1/s1. The van der Waals surface area contributed by atoms with Crippen molar-refractivity contribution in [1.82, 2.24) is 0 Å². The minimum atomic E-state index is -4.96. The van der Waals surface area contributed by atoms with Gasteiger partial charge in [0.2, 0.25) is 0 Å². The van der Waals surface area contributed by atoms with Crippen molar-refractivity contribution in [3.63, 3.8) is 0 Å². The predicted octanol–water partition coefficient (Wildman–Crippen LogP) is 22.9. The lowest BCUT2D eigenvalue weighted by atomic mass is 9.99. The predicted molar refractivity (Wildman–Crippen MR) is 391 cm³/mol. The van der Waals surface area contributed by atoms with Crippen LogP contribution in [0.4, 0.5) is 0 Å².